The molecule has 4 rings (SSSR count). The minimum atomic E-state index is 0.274. The summed E-state index contributed by atoms with van der Waals surface area (Å²) in [5.41, 5.74) is 7.64. The molecule has 0 bridgehead atoms. The predicted molar refractivity (Wildman–Crippen MR) is 157 cm³/mol. The number of aromatic hydroxyl groups is 1. The summed E-state index contributed by atoms with van der Waals surface area (Å²) in [5, 5.41) is 11.2. The molecule has 0 aliphatic heterocycles. The number of anilines is 1. The molecule has 37 heavy (non-hydrogen) atoms. The van der Waals surface area contributed by atoms with E-state index in [9.17, 15) is 5.11 Å². The highest BCUT2D eigenvalue weighted by Crippen LogP contribution is 2.41. The molecule has 0 heterocycles. The van der Waals surface area contributed by atoms with E-state index < -0.39 is 0 Å². The van der Waals surface area contributed by atoms with E-state index in [-0.39, 0.29) is 5.75 Å². The summed E-state index contributed by atoms with van der Waals surface area (Å²) in [6, 6.07) is 30.5. The van der Waals surface area contributed by atoms with Crippen molar-refractivity contribution < 1.29 is 9.84 Å². The van der Waals surface area contributed by atoms with Crippen molar-refractivity contribution in [2.24, 2.45) is 0 Å². The number of hydrogen-bond acceptors (Lipinski definition) is 3. The highest BCUT2D eigenvalue weighted by Gasteiger charge is 2.17. The van der Waals surface area contributed by atoms with E-state index in [1.165, 1.54) is 16.8 Å². The Morgan fingerprint density at radius 3 is 1.92 bits per heavy atom. The van der Waals surface area contributed by atoms with Crippen LogP contribution in [0, 0.1) is 0 Å². The summed E-state index contributed by atoms with van der Waals surface area (Å²) in [5.74, 6) is 2.00. The van der Waals surface area contributed by atoms with Gasteiger partial charge in [0.25, 0.3) is 0 Å². The van der Waals surface area contributed by atoms with Crippen LogP contribution in [0.25, 0.3) is 22.3 Å². The molecule has 4 aromatic carbocycles. The van der Waals surface area contributed by atoms with Crippen LogP contribution in [0.2, 0.25) is 0 Å². The lowest BCUT2D eigenvalue weighted by molar-refractivity contribution is 0.313. The smallest absolute Gasteiger partial charge is 0.131 e. The van der Waals surface area contributed by atoms with Gasteiger partial charge in [0.15, 0.2) is 0 Å². The fourth-order valence-electron chi connectivity index (χ4n) is 4.97. The van der Waals surface area contributed by atoms with E-state index in [2.05, 4.69) is 57.8 Å². The van der Waals surface area contributed by atoms with E-state index in [1.54, 1.807) is 0 Å². The van der Waals surface area contributed by atoms with E-state index in [1.807, 2.05) is 72.8 Å². The Labute approximate surface area is 222 Å². The van der Waals surface area contributed by atoms with Gasteiger partial charge in [-0.2, -0.15) is 0 Å². The number of phenols is 1. The Balaban J connectivity index is 1.49. The lowest BCUT2D eigenvalue weighted by Crippen LogP contribution is -2.23. The van der Waals surface area contributed by atoms with Crippen LogP contribution in [0.4, 0.5) is 5.69 Å². The second-order valence-corrected chi connectivity index (χ2v) is 10.3. The highest BCUT2D eigenvalue weighted by molar-refractivity contribution is 5.84. The fraction of sp³-hybridized carbons (Fsp3) is 0.294. The Hall–Kier alpha value is -3.72. The first-order valence-corrected chi connectivity index (χ1v) is 13.3. The van der Waals surface area contributed by atoms with E-state index in [0.717, 1.165) is 41.0 Å². The molecule has 0 atom stereocenters. The molecule has 0 amide bonds. The topological polar surface area (TPSA) is 32.7 Å². The van der Waals surface area contributed by atoms with Gasteiger partial charge in [-0.1, -0.05) is 113 Å². The Bertz CT molecular complexity index is 1280. The maximum atomic E-state index is 11.2. The van der Waals surface area contributed by atoms with Crippen LogP contribution >= 0.6 is 0 Å². The summed E-state index contributed by atoms with van der Waals surface area (Å²) in [6.07, 6.45) is 0.894. The van der Waals surface area contributed by atoms with Crippen molar-refractivity contribution in [2.45, 2.75) is 46.0 Å². The van der Waals surface area contributed by atoms with Crippen LogP contribution in [-0.2, 0) is 0 Å². The Morgan fingerprint density at radius 1 is 0.676 bits per heavy atom. The molecule has 3 heteroatoms. The molecule has 0 fully saturated rings. The monoisotopic (exact) mass is 493 g/mol. The molecule has 192 valence electrons. The number of hydrogen-bond donors (Lipinski definition) is 1. The molecule has 3 nitrogen and oxygen atoms in total. The van der Waals surface area contributed by atoms with Gasteiger partial charge >= 0.3 is 0 Å². The summed E-state index contributed by atoms with van der Waals surface area (Å²) in [6.45, 7) is 10.6. The number of ether oxygens (including phenoxy) is 1. The summed E-state index contributed by atoms with van der Waals surface area (Å²) >= 11 is 0. The summed E-state index contributed by atoms with van der Waals surface area (Å²) < 4.78 is 6.30. The van der Waals surface area contributed by atoms with Crippen LogP contribution < -0.4 is 9.64 Å². The van der Waals surface area contributed by atoms with Gasteiger partial charge in [-0.25, -0.2) is 0 Å². The molecule has 1 N–H and O–H groups in total. The molecular formula is C34H39NO2. The SMILES string of the molecule is CC(C)c1cccc(C(C)C)c1N(C)CCCOc1ccccc1-c1cccc(-c2ccccc2)c1O. The lowest BCUT2D eigenvalue weighted by Gasteiger charge is -2.28. The van der Waals surface area contributed by atoms with Crippen molar-refractivity contribution in [3.05, 3.63) is 102 Å². The number of nitrogens with zero attached hydrogens (tertiary/aromatic N) is 1. The first kappa shape index (κ1) is 26.3. The molecule has 0 radical (unpaired) electrons. The van der Waals surface area contributed by atoms with Crippen LogP contribution in [0.15, 0.2) is 91.0 Å². The molecule has 0 aromatic heterocycles. The summed E-state index contributed by atoms with van der Waals surface area (Å²) in [4.78, 5) is 2.38. The van der Waals surface area contributed by atoms with Crippen molar-refractivity contribution in [3.63, 3.8) is 0 Å². The zero-order valence-corrected chi connectivity index (χ0v) is 22.7. The van der Waals surface area contributed by atoms with Gasteiger partial charge in [-0.3, -0.25) is 0 Å². The minimum absolute atomic E-state index is 0.274. The van der Waals surface area contributed by atoms with Crippen LogP contribution in [0.5, 0.6) is 11.5 Å². The third-order valence-electron chi connectivity index (χ3n) is 6.92. The number of para-hydroxylation sites is 3. The third-order valence-corrected chi connectivity index (χ3v) is 6.92. The molecular weight excluding hydrogens is 454 g/mol. The van der Waals surface area contributed by atoms with E-state index in [4.69, 9.17) is 4.74 Å². The predicted octanol–water partition coefficient (Wildman–Crippen LogP) is 8.88. The third kappa shape index (κ3) is 5.99. The molecule has 0 saturated carbocycles. The van der Waals surface area contributed by atoms with E-state index >= 15 is 0 Å². The van der Waals surface area contributed by atoms with Gasteiger partial charge in [-0.15, -0.1) is 0 Å². The minimum Gasteiger partial charge on any atom is -0.507 e. The molecule has 0 aliphatic carbocycles. The van der Waals surface area contributed by atoms with Crippen molar-refractivity contribution in [1.82, 2.24) is 0 Å². The van der Waals surface area contributed by atoms with Crippen LogP contribution in [0.1, 0.15) is 57.1 Å². The average molecular weight is 494 g/mol. The van der Waals surface area contributed by atoms with Crippen molar-refractivity contribution in [2.75, 3.05) is 25.1 Å². The highest BCUT2D eigenvalue weighted by atomic mass is 16.5. The van der Waals surface area contributed by atoms with Crippen LogP contribution in [-0.4, -0.2) is 25.3 Å². The quantitative estimate of drug-likeness (QED) is 0.224. The van der Waals surface area contributed by atoms with Crippen LogP contribution in [0.3, 0.4) is 0 Å². The Kier molecular flexibility index (Phi) is 8.55. The Morgan fingerprint density at radius 2 is 1.24 bits per heavy atom. The van der Waals surface area contributed by atoms with E-state index in [0.29, 0.717) is 18.4 Å². The van der Waals surface area contributed by atoms with Crippen molar-refractivity contribution in [1.29, 1.82) is 0 Å². The number of benzene rings is 4. The van der Waals surface area contributed by atoms with Gasteiger partial charge in [0.1, 0.15) is 11.5 Å². The maximum absolute atomic E-state index is 11.2. The number of phenolic OH excluding ortho intramolecular Hbond substituents is 1. The molecule has 0 spiro atoms. The average Bonchev–Trinajstić information content (AvgIpc) is 2.91. The molecule has 0 unspecified atom stereocenters. The van der Waals surface area contributed by atoms with Crippen molar-refractivity contribution in [3.8, 4) is 33.8 Å². The number of rotatable bonds is 10. The maximum Gasteiger partial charge on any atom is 0.131 e. The molecule has 0 aliphatic rings. The van der Waals surface area contributed by atoms with Gasteiger partial charge in [0.05, 0.1) is 6.61 Å². The van der Waals surface area contributed by atoms with Gasteiger partial charge in [0.2, 0.25) is 0 Å². The second-order valence-electron chi connectivity index (χ2n) is 10.3. The lowest BCUT2D eigenvalue weighted by atomic mass is 9.92. The molecule has 4 aromatic rings. The van der Waals surface area contributed by atoms with Crippen molar-refractivity contribution >= 4 is 5.69 Å². The van der Waals surface area contributed by atoms with Gasteiger partial charge in [0, 0.05) is 36.0 Å². The largest absolute Gasteiger partial charge is 0.507 e. The first-order chi connectivity index (χ1) is 17.9. The fourth-order valence-corrected chi connectivity index (χ4v) is 4.97. The zero-order chi connectivity index (χ0) is 26.4. The zero-order valence-electron chi connectivity index (χ0n) is 22.7. The summed E-state index contributed by atoms with van der Waals surface area (Å²) in [7, 11) is 2.19. The molecule has 0 saturated heterocycles. The normalized spacial score (nSPS) is 11.2. The van der Waals surface area contributed by atoms with Gasteiger partial charge < -0.3 is 14.7 Å². The second kappa shape index (κ2) is 12.0. The van der Waals surface area contributed by atoms with Gasteiger partial charge in [-0.05, 0) is 41.0 Å². The first-order valence-electron chi connectivity index (χ1n) is 13.3. The standard InChI is InChI=1S/C34H39NO2/c1-24(2)27-17-11-18-28(25(3)4)33(27)35(5)22-13-23-37-32-21-10-9-16-30(32)31-20-12-19-29(34(31)36)26-14-7-6-8-15-26/h6-12,14-21,24-25,36H,13,22-23H2,1-5H3.